The van der Waals surface area contributed by atoms with E-state index < -0.39 is 11.6 Å². The molecular weight excluding hydrogens is 210 g/mol. The van der Waals surface area contributed by atoms with Gasteiger partial charge < -0.3 is 4.74 Å². The predicted octanol–water partition coefficient (Wildman–Crippen LogP) is 3.54. The highest BCUT2D eigenvalue weighted by atomic mass is 19.2. The fourth-order valence-corrected chi connectivity index (χ4v) is 2.26. The fourth-order valence-electron chi connectivity index (χ4n) is 2.26. The van der Waals surface area contributed by atoms with Crippen LogP contribution >= 0.6 is 0 Å². The van der Waals surface area contributed by atoms with Crippen molar-refractivity contribution in [3.8, 4) is 0 Å². The van der Waals surface area contributed by atoms with E-state index in [1.54, 1.807) is 13.0 Å². The van der Waals surface area contributed by atoms with Gasteiger partial charge in [0.1, 0.15) is 0 Å². The van der Waals surface area contributed by atoms with Crippen LogP contribution in [0, 0.1) is 24.5 Å². The van der Waals surface area contributed by atoms with Crippen molar-refractivity contribution >= 4 is 0 Å². The topological polar surface area (TPSA) is 9.23 Å². The number of fused-ring (bicyclic) bond motifs is 1. The zero-order valence-electron chi connectivity index (χ0n) is 9.81. The maximum atomic E-state index is 13.9. The van der Waals surface area contributed by atoms with Crippen molar-refractivity contribution in [1.82, 2.24) is 0 Å². The van der Waals surface area contributed by atoms with Gasteiger partial charge in [-0.2, -0.15) is 0 Å². The number of hydrogen-bond donors (Lipinski definition) is 0. The highest BCUT2D eigenvalue weighted by Crippen LogP contribution is 2.35. The van der Waals surface area contributed by atoms with Gasteiger partial charge in [-0.15, -0.1) is 0 Å². The molecule has 0 bridgehead atoms. The third-order valence-electron chi connectivity index (χ3n) is 3.24. The molecule has 1 aromatic rings. The molecule has 0 amide bonds. The first-order valence-electron chi connectivity index (χ1n) is 5.57. The third kappa shape index (κ3) is 1.73. The van der Waals surface area contributed by atoms with E-state index in [1.807, 2.05) is 13.8 Å². The Morgan fingerprint density at radius 1 is 1.31 bits per heavy atom. The van der Waals surface area contributed by atoms with Crippen LogP contribution in [0.3, 0.4) is 0 Å². The molecule has 88 valence electrons. The maximum Gasteiger partial charge on any atom is 0.163 e. The van der Waals surface area contributed by atoms with Crippen molar-refractivity contribution in [3.05, 3.63) is 34.4 Å². The Bertz CT molecular complexity index is 413. The minimum atomic E-state index is -0.716. The van der Waals surface area contributed by atoms with Crippen LogP contribution in [-0.4, -0.2) is 6.61 Å². The van der Waals surface area contributed by atoms with Crippen molar-refractivity contribution in [1.29, 1.82) is 0 Å². The number of hydrogen-bond acceptors (Lipinski definition) is 1. The largest absolute Gasteiger partial charge is 0.376 e. The van der Waals surface area contributed by atoms with E-state index in [1.165, 1.54) is 0 Å². The molecular formula is C13H16F2O. The van der Waals surface area contributed by atoms with Crippen molar-refractivity contribution < 1.29 is 13.5 Å². The fraction of sp³-hybridized carbons (Fsp3) is 0.538. The quantitative estimate of drug-likeness (QED) is 0.711. The van der Waals surface area contributed by atoms with Gasteiger partial charge in [0, 0.05) is 11.5 Å². The van der Waals surface area contributed by atoms with Crippen LogP contribution in [-0.2, 0) is 11.3 Å². The first-order chi connectivity index (χ1) is 7.52. The second-order valence-electron chi connectivity index (χ2n) is 4.76. The van der Waals surface area contributed by atoms with Gasteiger partial charge >= 0.3 is 0 Å². The molecule has 0 aliphatic carbocycles. The van der Waals surface area contributed by atoms with Crippen LogP contribution in [0.2, 0.25) is 0 Å². The lowest BCUT2D eigenvalue weighted by molar-refractivity contribution is 0.0768. The SMILES string of the molecule is Cc1cc2c(c(F)c1F)C(C(C)C)COC2. The first kappa shape index (κ1) is 11.5. The summed E-state index contributed by atoms with van der Waals surface area (Å²) in [5, 5.41) is 0. The summed E-state index contributed by atoms with van der Waals surface area (Å²) in [4.78, 5) is 0. The molecule has 2 rings (SSSR count). The molecule has 0 saturated heterocycles. The summed E-state index contributed by atoms with van der Waals surface area (Å²) in [6, 6.07) is 1.70. The Balaban J connectivity index is 2.59. The molecule has 16 heavy (non-hydrogen) atoms. The molecule has 1 atom stereocenters. The van der Waals surface area contributed by atoms with Gasteiger partial charge in [-0.25, -0.2) is 8.78 Å². The van der Waals surface area contributed by atoms with Crippen molar-refractivity contribution in [2.75, 3.05) is 6.61 Å². The molecule has 0 fully saturated rings. The van der Waals surface area contributed by atoms with E-state index in [0.29, 0.717) is 24.3 Å². The average Bonchev–Trinajstić information content (AvgIpc) is 2.25. The molecule has 1 aliphatic rings. The Kier molecular flexibility index (Phi) is 2.98. The average molecular weight is 226 g/mol. The number of rotatable bonds is 1. The van der Waals surface area contributed by atoms with Crippen molar-refractivity contribution in [3.63, 3.8) is 0 Å². The Hall–Kier alpha value is -0.960. The Morgan fingerprint density at radius 2 is 2.00 bits per heavy atom. The van der Waals surface area contributed by atoms with E-state index in [4.69, 9.17) is 4.74 Å². The molecule has 1 unspecified atom stereocenters. The van der Waals surface area contributed by atoms with E-state index in [2.05, 4.69) is 0 Å². The first-order valence-corrected chi connectivity index (χ1v) is 5.57. The molecule has 0 spiro atoms. The van der Waals surface area contributed by atoms with E-state index >= 15 is 0 Å². The molecule has 0 N–H and O–H groups in total. The number of aryl methyl sites for hydroxylation is 1. The molecule has 1 nitrogen and oxygen atoms in total. The summed E-state index contributed by atoms with van der Waals surface area (Å²) in [7, 11) is 0. The second-order valence-corrected chi connectivity index (χ2v) is 4.76. The van der Waals surface area contributed by atoms with Gasteiger partial charge in [0.2, 0.25) is 0 Å². The molecule has 1 heterocycles. The second kappa shape index (κ2) is 4.13. The van der Waals surface area contributed by atoms with Gasteiger partial charge in [-0.3, -0.25) is 0 Å². The Morgan fingerprint density at radius 3 is 2.62 bits per heavy atom. The van der Waals surface area contributed by atoms with Crippen LogP contribution in [0.15, 0.2) is 6.07 Å². The maximum absolute atomic E-state index is 13.9. The van der Waals surface area contributed by atoms with Gasteiger partial charge in [-0.05, 0) is 24.0 Å². The van der Waals surface area contributed by atoms with Crippen molar-refractivity contribution in [2.24, 2.45) is 5.92 Å². The molecule has 0 radical (unpaired) electrons. The van der Waals surface area contributed by atoms with Gasteiger partial charge in [0.15, 0.2) is 11.6 Å². The molecule has 1 aliphatic heterocycles. The highest BCUT2D eigenvalue weighted by Gasteiger charge is 2.29. The summed E-state index contributed by atoms with van der Waals surface area (Å²) < 4.78 is 32.9. The molecule has 3 heteroatoms. The summed E-state index contributed by atoms with van der Waals surface area (Å²) in [6.07, 6.45) is 0. The van der Waals surface area contributed by atoms with E-state index in [-0.39, 0.29) is 11.8 Å². The molecule has 1 aromatic carbocycles. The number of benzene rings is 1. The lowest BCUT2D eigenvalue weighted by Crippen LogP contribution is -2.23. The lowest BCUT2D eigenvalue weighted by Gasteiger charge is -2.29. The van der Waals surface area contributed by atoms with Gasteiger partial charge in [0.05, 0.1) is 13.2 Å². The van der Waals surface area contributed by atoms with Crippen LogP contribution in [0.1, 0.15) is 36.5 Å². The Labute approximate surface area is 94.4 Å². The highest BCUT2D eigenvalue weighted by molar-refractivity contribution is 5.37. The smallest absolute Gasteiger partial charge is 0.163 e. The summed E-state index contributed by atoms with van der Waals surface area (Å²) in [5.74, 6) is -1.20. The third-order valence-corrected chi connectivity index (χ3v) is 3.24. The monoisotopic (exact) mass is 226 g/mol. The summed E-state index contributed by atoms with van der Waals surface area (Å²) in [5.41, 5.74) is 1.66. The molecule has 0 aromatic heterocycles. The minimum absolute atomic E-state index is 0.0427. The van der Waals surface area contributed by atoms with Gasteiger partial charge in [-0.1, -0.05) is 19.9 Å². The predicted molar refractivity (Wildman–Crippen MR) is 58.3 cm³/mol. The van der Waals surface area contributed by atoms with Crippen LogP contribution in [0.25, 0.3) is 0 Å². The molecule has 0 saturated carbocycles. The van der Waals surface area contributed by atoms with Crippen LogP contribution in [0.4, 0.5) is 8.78 Å². The lowest BCUT2D eigenvalue weighted by atomic mass is 9.83. The normalized spacial score (nSPS) is 20.0. The zero-order valence-corrected chi connectivity index (χ0v) is 9.81. The van der Waals surface area contributed by atoms with Gasteiger partial charge in [0.25, 0.3) is 0 Å². The van der Waals surface area contributed by atoms with E-state index in [9.17, 15) is 8.78 Å². The summed E-state index contributed by atoms with van der Waals surface area (Å²) in [6.45, 7) is 6.44. The summed E-state index contributed by atoms with van der Waals surface area (Å²) >= 11 is 0. The number of ether oxygens (including phenoxy) is 1. The number of halogens is 2. The van der Waals surface area contributed by atoms with Crippen LogP contribution < -0.4 is 0 Å². The van der Waals surface area contributed by atoms with Crippen molar-refractivity contribution in [2.45, 2.75) is 33.3 Å². The minimum Gasteiger partial charge on any atom is -0.376 e. The van der Waals surface area contributed by atoms with Crippen LogP contribution in [0.5, 0.6) is 0 Å². The standard InChI is InChI=1S/C13H16F2O/c1-7(2)10-6-16-5-9-4-8(3)12(14)13(15)11(9)10/h4,7,10H,5-6H2,1-3H3. The van der Waals surface area contributed by atoms with E-state index in [0.717, 1.165) is 5.56 Å². The zero-order chi connectivity index (χ0) is 11.9.